The molecule has 0 fully saturated rings. The highest BCUT2D eigenvalue weighted by Crippen LogP contribution is 2.12. The van der Waals surface area contributed by atoms with Crippen LogP contribution in [0.5, 0.6) is 5.75 Å². The van der Waals surface area contributed by atoms with Crippen LogP contribution in [0.1, 0.15) is 17.4 Å². The van der Waals surface area contributed by atoms with Crippen molar-refractivity contribution in [1.82, 2.24) is 5.32 Å². The highest BCUT2D eigenvalue weighted by atomic mass is 16.4. The van der Waals surface area contributed by atoms with Crippen molar-refractivity contribution in [3.8, 4) is 5.75 Å². The van der Waals surface area contributed by atoms with Crippen molar-refractivity contribution >= 4 is 0 Å². The van der Waals surface area contributed by atoms with E-state index in [1.54, 1.807) is 30.5 Å². The van der Waals surface area contributed by atoms with Crippen molar-refractivity contribution in [3.63, 3.8) is 0 Å². The Morgan fingerprint density at radius 2 is 1.94 bits per heavy atom. The zero-order chi connectivity index (χ0) is 12.1. The molecule has 0 amide bonds. The zero-order valence-corrected chi connectivity index (χ0v) is 9.34. The molecular formula is C13H15NO3. The number of benzene rings is 1. The molecule has 4 nitrogen and oxygen atoms in total. The Morgan fingerprint density at radius 1 is 1.18 bits per heavy atom. The lowest BCUT2D eigenvalue weighted by Gasteiger charge is -2.09. The summed E-state index contributed by atoms with van der Waals surface area (Å²) in [6.45, 7) is 1.06. The summed E-state index contributed by atoms with van der Waals surface area (Å²) in [5.74, 6) is 0.813. The van der Waals surface area contributed by atoms with Gasteiger partial charge in [0.05, 0.1) is 6.26 Å². The van der Waals surface area contributed by atoms with Gasteiger partial charge in [-0.05, 0) is 29.8 Å². The SMILES string of the molecule is Oc1ccc(CNCC(O)c2ccco2)cc1. The minimum atomic E-state index is -0.637. The van der Waals surface area contributed by atoms with Gasteiger partial charge in [0.25, 0.3) is 0 Å². The summed E-state index contributed by atoms with van der Waals surface area (Å²) in [6, 6.07) is 10.4. The van der Waals surface area contributed by atoms with E-state index in [2.05, 4.69) is 5.32 Å². The molecule has 0 aliphatic rings. The first-order valence-corrected chi connectivity index (χ1v) is 5.46. The number of aliphatic hydroxyl groups excluding tert-OH is 1. The van der Waals surface area contributed by atoms with Crippen molar-refractivity contribution in [1.29, 1.82) is 0 Å². The fourth-order valence-electron chi connectivity index (χ4n) is 1.55. The summed E-state index contributed by atoms with van der Waals surface area (Å²) in [5, 5.41) is 22.0. The van der Waals surface area contributed by atoms with E-state index in [4.69, 9.17) is 9.52 Å². The third kappa shape index (κ3) is 3.34. The molecular weight excluding hydrogens is 218 g/mol. The molecule has 0 spiro atoms. The van der Waals surface area contributed by atoms with E-state index in [9.17, 15) is 5.11 Å². The normalized spacial score (nSPS) is 12.5. The summed E-state index contributed by atoms with van der Waals surface area (Å²) in [4.78, 5) is 0. The minimum Gasteiger partial charge on any atom is -0.508 e. The first-order valence-electron chi connectivity index (χ1n) is 5.46. The van der Waals surface area contributed by atoms with E-state index >= 15 is 0 Å². The van der Waals surface area contributed by atoms with Gasteiger partial charge in [0.2, 0.25) is 0 Å². The molecule has 1 unspecified atom stereocenters. The van der Waals surface area contributed by atoms with Gasteiger partial charge < -0.3 is 19.9 Å². The number of phenols is 1. The van der Waals surface area contributed by atoms with Crippen molar-refractivity contribution in [2.24, 2.45) is 0 Å². The second kappa shape index (κ2) is 5.52. The molecule has 2 rings (SSSR count). The van der Waals surface area contributed by atoms with Gasteiger partial charge in [0.15, 0.2) is 0 Å². The third-order valence-electron chi connectivity index (χ3n) is 2.47. The maximum Gasteiger partial charge on any atom is 0.133 e. The smallest absolute Gasteiger partial charge is 0.133 e. The number of aromatic hydroxyl groups is 1. The second-order valence-electron chi connectivity index (χ2n) is 3.83. The number of rotatable bonds is 5. The molecule has 1 atom stereocenters. The molecule has 0 saturated carbocycles. The Bertz CT molecular complexity index is 436. The number of nitrogens with one attached hydrogen (secondary N) is 1. The molecule has 1 heterocycles. The van der Waals surface area contributed by atoms with Gasteiger partial charge in [-0.3, -0.25) is 0 Å². The fraction of sp³-hybridized carbons (Fsp3) is 0.231. The summed E-state index contributed by atoms with van der Waals surface area (Å²) in [5.41, 5.74) is 1.05. The average molecular weight is 233 g/mol. The van der Waals surface area contributed by atoms with Crippen LogP contribution >= 0.6 is 0 Å². The monoisotopic (exact) mass is 233 g/mol. The van der Waals surface area contributed by atoms with Crippen LogP contribution in [-0.4, -0.2) is 16.8 Å². The standard InChI is InChI=1S/C13H15NO3/c15-11-5-3-10(4-6-11)8-14-9-12(16)13-2-1-7-17-13/h1-7,12,14-16H,8-9H2. The Hall–Kier alpha value is -1.78. The van der Waals surface area contributed by atoms with Crippen LogP contribution in [-0.2, 0) is 6.54 Å². The Labute approximate surface area is 99.5 Å². The van der Waals surface area contributed by atoms with Crippen LogP contribution in [0.15, 0.2) is 47.1 Å². The molecule has 0 bridgehead atoms. The summed E-state index contributed by atoms with van der Waals surface area (Å²) >= 11 is 0. The molecule has 1 aromatic heterocycles. The zero-order valence-electron chi connectivity index (χ0n) is 9.34. The highest BCUT2D eigenvalue weighted by Gasteiger charge is 2.08. The largest absolute Gasteiger partial charge is 0.508 e. The lowest BCUT2D eigenvalue weighted by Crippen LogP contribution is -2.20. The molecule has 1 aromatic carbocycles. The number of aliphatic hydroxyl groups is 1. The maximum atomic E-state index is 9.74. The first-order chi connectivity index (χ1) is 8.25. The topological polar surface area (TPSA) is 65.6 Å². The van der Waals surface area contributed by atoms with Gasteiger partial charge in [0, 0.05) is 13.1 Å². The lowest BCUT2D eigenvalue weighted by molar-refractivity contribution is 0.147. The Kier molecular flexibility index (Phi) is 3.80. The van der Waals surface area contributed by atoms with Gasteiger partial charge in [-0.1, -0.05) is 12.1 Å². The maximum absolute atomic E-state index is 9.74. The third-order valence-corrected chi connectivity index (χ3v) is 2.47. The Balaban J connectivity index is 1.78. The van der Waals surface area contributed by atoms with Crippen LogP contribution in [0.4, 0.5) is 0 Å². The lowest BCUT2D eigenvalue weighted by atomic mass is 10.2. The van der Waals surface area contributed by atoms with Crippen molar-refractivity contribution in [2.45, 2.75) is 12.6 Å². The molecule has 0 aliphatic carbocycles. The second-order valence-corrected chi connectivity index (χ2v) is 3.83. The average Bonchev–Trinajstić information content (AvgIpc) is 2.85. The summed E-state index contributed by atoms with van der Waals surface area (Å²) < 4.78 is 5.09. The van der Waals surface area contributed by atoms with Crippen LogP contribution in [0.3, 0.4) is 0 Å². The predicted octanol–water partition coefficient (Wildman–Crippen LogP) is 1.81. The van der Waals surface area contributed by atoms with E-state index < -0.39 is 6.10 Å². The first kappa shape index (κ1) is 11.7. The van der Waals surface area contributed by atoms with E-state index in [-0.39, 0.29) is 5.75 Å². The van der Waals surface area contributed by atoms with Gasteiger partial charge in [0.1, 0.15) is 17.6 Å². The molecule has 0 radical (unpaired) electrons. The van der Waals surface area contributed by atoms with Crippen LogP contribution in [0.2, 0.25) is 0 Å². The number of phenolic OH excluding ortho intramolecular Hbond substituents is 1. The molecule has 2 aromatic rings. The predicted molar refractivity (Wildman–Crippen MR) is 63.5 cm³/mol. The van der Waals surface area contributed by atoms with Gasteiger partial charge in [-0.15, -0.1) is 0 Å². The number of furan rings is 1. The van der Waals surface area contributed by atoms with Crippen LogP contribution in [0, 0.1) is 0 Å². The molecule has 4 heteroatoms. The number of hydrogen-bond acceptors (Lipinski definition) is 4. The fourth-order valence-corrected chi connectivity index (χ4v) is 1.55. The van der Waals surface area contributed by atoms with Crippen molar-refractivity contribution in [2.75, 3.05) is 6.54 Å². The summed E-state index contributed by atoms with van der Waals surface area (Å²) in [7, 11) is 0. The molecule has 0 aliphatic heterocycles. The minimum absolute atomic E-state index is 0.254. The molecule has 0 saturated heterocycles. The van der Waals surface area contributed by atoms with Gasteiger partial charge in [-0.25, -0.2) is 0 Å². The highest BCUT2D eigenvalue weighted by molar-refractivity contribution is 5.25. The van der Waals surface area contributed by atoms with E-state index in [1.807, 2.05) is 12.1 Å². The van der Waals surface area contributed by atoms with Gasteiger partial charge >= 0.3 is 0 Å². The van der Waals surface area contributed by atoms with E-state index in [1.165, 1.54) is 0 Å². The summed E-state index contributed by atoms with van der Waals surface area (Å²) in [6.07, 6.45) is 0.903. The van der Waals surface area contributed by atoms with Crippen molar-refractivity contribution in [3.05, 3.63) is 54.0 Å². The molecule has 17 heavy (non-hydrogen) atoms. The van der Waals surface area contributed by atoms with E-state index in [0.29, 0.717) is 18.8 Å². The van der Waals surface area contributed by atoms with Crippen molar-refractivity contribution < 1.29 is 14.6 Å². The van der Waals surface area contributed by atoms with E-state index in [0.717, 1.165) is 5.56 Å². The van der Waals surface area contributed by atoms with Crippen LogP contribution < -0.4 is 5.32 Å². The molecule has 3 N–H and O–H groups in total. The molecule has 90 valence electrons. The number of hydrogen-bond donors (Lipinski definition) is 3. The quantitative estimate of drug-likeness (QED) is 0.737. The Morgan fingerprint density at radius 3 is 2.59 bits per heavy atom. The van der Waals surface area contributed by atoms with Gasteiger partial charge in [-0.2, -0.15) is 0 Å². The van der Waals surface area contributed by atoms with Crippen LogP contribution in [0.25, 0.3) is 0 Å².